The van der Waals surface area contributed by atoms with Crippen LogP contribution in [-0.4, -0.2) is 51.3 Å². The van der Waals surface area contributed by atoms with Crippen LogP contribution in [0.1, 0.15) is 31.5 Å². The highest BCUT2D eigenvalue weighted by atomic mass is 32.2. The lowest BCUT2D eigenvalue weighted by Gasteiger charge is -2.37. The Balaban J connectivity index is 1.70. The number of aryl methyl sites for hydroxylation is 1. The third kappa shape index (κ3) is 3.28. The monoisotopic (exact) mass is 335 g/mol. The van der Waals surface area contributed by atoms with Crippen LogP contribution >= 0.6 is 0 Å². The second-order valence-electron chi connectivity index (χ2n) is 5.84. The predicted molar refractivity (Wildman–Crippen MR) is 87.2 cm³/mol. The van der Waals surface area contributed by atoms with Crippen molar-refractivity contribution in [1.82, 2.24) is 24.1 Å². The molecule has 0 saturated carbocycles. The van der Waals surface area contributed by atoms with E-state index in [-0.39, 0.29) is 11.7 Å². The van der Waals surface area contributed by atoms with Crippen LogP contribution in [0.25, 0.3) is 11.4 Å². The number of rotatable bonds is 6. The van der Waals surface area contributed by atoms with Gasteiger partial charge in [-0.3, -0.25) is 9.67 Å². The average molecular weight is 335 g/mol. The molecule has 2 aromatic heterocycles. The van der Waals surface area contributed by atoms with Crippen LogP contribution in [-0.2, 0) is 17.1 Å². The van der Waals surface area contributed by atoms with E-state index < -0.39 is 10.0 Å². The highest BCUT2D eigenvalue weighted by Crippen LogP contribution is 2.29. The van der Waals surface area contributed by atoms with Crippen LogP contribution in [0.3, 0.4) is 0 Å². The third-order valence-electron chi connectivity index (χ3n) is 4.10. The number of hydrogen-bond donors (Lipinski definition) is 0. The number of aromatic nitrogens is 4. The van der Waals surface area contributed by atoms with E-state index in [0.717, 1.165) is 17.8 Å². The Morgan fingerprint density at radius 1 is 1.26 bits per heavy atom. The van der Waals surface area contributed by atoms with Crippen molar-refractivity contribution in [2.45, 2.75) is 25.7 Å². The van der Waals surface area contributed by atoms with Crippen molar-refractivity contribution in [3.05, 3.63) is 30.4 Å². The molecule has 0 aromatic carbocycles. The van der Waals surface area contributed by atoms with Crippen LogP contribution < -0.4 is 0 Å². The Kier molecular flexibility index (Phi) is 4.45. The summed E-state index contributed by atoms with van der Waals surface area (Å²) in [6.07, 6.45) is 5.00. The zero-order valence-corrected chi connectivity index (χ0v) is 14.2. The second kappa shape index (κ2) is 6.37. The van der Waals surface area contributed by atoms with Crippen molar-refractivity contribution in [2.24, 2.45) is 7.05 Å². The molecule has 8 heteroatoms. The van der Waals surface area contributed by atoms with Crippen molar-refractivity contribution in [1.29, 1.82) is 0 Å². The van der Waals surface area contributed by atoms with Gasteiger partial charge in [-0.25, -0.2) is 17.7 Å². The zero-order valence-electron chi connectivity index (χ0n) is 13.4. The molecule has 0 spiro atoms. The first-order valence-electron chi connectivity index (χ1n) is 7.80. The maximum Gasteiger partial charge on any atom is 0.214 e. The van der Waals surface area contributed by atoms with Crippen LogP contribution in [0.4, 0.5) is 0 Å². The number of sulfonamides is 1. The first kappa shape index (κ1) is 16.1. The molecule has 0 amide bonds. The van der Waals surface area contributed by atoms with Gasteiger partial charge >= 0.3 is 0 Å². The number of pyridine rings is 1. The van der Waals surface area contributed by atoms with Gasteiger partial charge in [0.25, 0.3) is 0 Å². The van der Waals surface area contributed by atoms with E-state index in [9.17, 15) is 8.42 Å². The van der Waals surface area contributed by atoms with Gasteiger partial charge in [0, 0.05) is 44.0 Å². The summed E-state index contributed by atoms with van der Waals surface area (Å²) in [5, 5.41) is 4.43. The van der Waals surface area contributed by atoms with Gasteiger partial charge in [-0.15, -0.1) is 0 Å². The number of nitrogens with zero attached hydrogens (tertiary/aromatic N) is 5. The first-order chi connectivity index (χ1) is 11.0. The molecule has 0 aliphatic carbocycles. The van der Waals surface area contributed by atoms with Gasteiger partial charge < -0.3 is 0 Å². The maximum absolute atomic E-state index is 12.1. The smallest absolute Gasteiger partial charge is 0.214 e. The van der Waals surface area contributed by atoms with Crippen molar-refractivity contribution in [2.75, 3.05) is 18.8 Å². The predicted octanol–water partition coefficient (Wildman–Crippen LogP) is 1.41. The van der Waals surface area contributed by atoms with E-state index in [1.807, 2.05) is 26.1 Å². The highest BCUT2D eigenvalue weighted by Gasteiger charge is 2.38. The summed E-state index contributed by atoms with van der Waals surface area (Å²) in [4.78, 5) is 8.57. The van der Waals surface area contributed by atoms with Crippen LogP contribution in [0, 0.1) is 0 Å². The fourth-order valence-electron chi connectivity index (χ4n) is 2.66. The van der Waals surface area contributed by atoms with Crippen molar-refractivity contribution in [3.8, 4) is 11.4 Å². The fraction of sp³-hybridized carbons (Fsp3) is 0.533. The number of unbranched alkanes of at least 4 members (excludes halogenated alkanes) is 1. The molecule has 0 atom stereocenters. The lowest BCUT2D eigenvalue weighted by atomic mass is 10.0. The minimum absolute atomic E-state index is 0.111. The molecule has 1 fully saturated rings. The molecular formula is C15H21N5O2S. The molecule has 7 nitrogen and oxygen atoms in total. The minimum atomic E-state index is -3.12. The lowest BCUT2D eigenvalue weighted by molar-refractivity contribution is 0.251. The largest absolute Gasteiger partial charge is 0.265 e. The van der Waals surface area contributed by atoms with Crippen LogP contribution in [0.5, 0.6) is 0 Å². The number of hydrogen-bond acceptors (Lipinski definition) is 5. The summed E-state index contributed by atoms with van der Waals surface area (Å²) in [6, 6.07) is 3.72. The van der Waals surface area contributed by atoms with E-state index in [0.29, 0.717) is 25.3 Å². The molecular weight excluding hydrogens is 314 g/mol. The van der Waals surface area contributed by atoms with E-state index in [1.54, 1.807) is 21.4 Å². The Morgan fingerprint density at radius 2 is 1.96 bits per heavy atom. The maximum atomic E-state index is 12.1. The minimum Gasteiger partial charge on any atom is -0.265 e. The van der Waals surface area contributed by atoms with Crippen molar-refractivity contribution in [3.63, 3.8) is 0 Å². The van der Waals surface area contributed by atoms with Gasteiger partial charge in [0.2, 0.25) is 10.0 Å². The summed E-state index contributed by atoms with van der Waals surface area (Å²) in [5.74, 6) is 1.83. The van der Waals surface area contributed by atoms with Gasteiger partial charge in [0.1, 0.15) is 5.82 Å². The molecule has 23 heavy (non-hydrogen) atoms. The molecule has 0 radical (unpaired) electrons. The van der Waals surface area contributed by atoms with Gasteiger partial charge in [-0.05, 0) is 18.6 Å². The van der Waals surface area contributed by atoms with Crippen LogP contribution in [0.2, 0.25) is 0 Å². The van der Waals surface area contributed by atoms with Gasteiger partial charge in [0.15, 0.2) is 5.82 Å². The molecule has 3 heterocycles. The van der Waals surface area contributed by atoms with E-state index in [2.05, 4.69) is 15.1 Å². The third-order valence-corrected chi connectivity index (χ3v) is 5.99. The summed E-state index contributed by atoms with van der Waals surface area (Å²) < 4.78 is 27.6. The van der Waals surface area contributed by atoms with Gasteiger partial charge in [-0.1, -0.05) is 13.3 Å². The zero-order chi connectivity index (χ0) is 16.4. The van der Waals surface area contributed by atoms with Crippen molar-refractivity contribution < 1.29 is 8.42 Å². The quantitative estimate of drug-likeness (QED) is 0.797. The molecule has 1 aliphatic rings. The Hall–Kier alpha value is -1.80. The molecule has 124 valence electrons. The van der Waals surface area contributed by atoms with Gasteiger partial charge in [-0.2, -0.15) is 5.10 Å². The molecule has 0 unspecified atom stereocenters. The Labute approximate surface area is 136 Å². The Bertz CT molecular complexity index is 766. The average Bonchev–Trinajstić information content (AvgIpc) is 2.86. The van der Waals surface area contributed by atoms with Crippen molar-refractivity contribution >= 4 is 10.0 Å². The van der Waals surface area contributed by atoms with E-state index in [4.69, 9.17) is 0 Å². The van der Waals surface area contributed by atoms with Gasteiger partial charge in [0.05, 0.1) is 5.75 Å². The SMILES string of the molecule is CCCCS(=O)(=O)N1CC(c2nc(-c3ccncc3)nn2C)C1. The fourth-order valence-corrected chi connectivity index (χ4v) is 4.39. The van der Waals surface area contributed by atoms with E-state index in [1.165, 1.54) is 0 Å². The summed E-state index contributed by atoms with van der Waals surface area (Å²) in [5.41, 5.74) is 0.911. The normalized spacial score (nSPS) is 16.4. The molecule has 2 aromatic rings. The second-order valence-corrected chi connectivity index (χ2v) is 7.93. The van der Waals surface area contributed by atoms with Crippen LogP contribution in [0.15, 0.2) is 24.5 Å². The van der Waals surface area contributed by atoms with E-state index >= 15 is 0 Å². The standard InChI is InChI=1S/C15H21N5O2S/c1-3-4-9-23(21,22)20-10-13(11-20)15-17-14(18-19(15)2)12-5-7-16-8-6-12/h5-8,13H,3-4,9-11H2,1-2H3. The summed E-state index contributed by atoms with van der Waals surface area (Å²) >= 11 is 0. The Morgan fingerprint density at radius 3 is 2.61 bits per heavy atom. The molecule has 0 N–H and O–H groups in total. The molecule has 1 aliphatic heterocycles. The highest BCUT2D eigenvalue weighted by molar-refractivity contribution is 7.89. The molecule has 0 bridgehead atoms. The topological polar surface area (TPSA) is 81.0 Å². The lowest BCUT2D eigenvalue weighted by Crippen LogP contribution is -2.49. The summed E-state index contributed by atoms with van der Waals surface area (Å²) in [7, 11) is -1.27. The first-order valence-corrected chi connectivity index (χ1v) is 9.41. The summed E-state index contributed by atoms with van der Waals surface area (Å²) in [6.45, 7) is 2.98. The molecule has 1 saturated heterocycles. The molecule has 3 rings (SSSR count).